The summed E-state index contributed by atoms with van der Waals surface area (Å²) in [6.07, 6.45) is 7.62. The molecule has 1 aromatic carbocycles. The van der Waals surface area contributed by atoms with Gasteiger partial charge < -0.3 is 4.90 Å². The number of fused-ring (bicyclic) bond motifs is 1. The van der Waals surface area contributed by atoms with Crippen LogP contribution in [0, 0.1) is 5.92 Å². The van der Waals surface area contributed by atoms with Gasteiger partial charge in [-0.2, -0.15) is 0 Å². The minimum Gasteiger partial charge on any atom is -0.343 e. The topological polar surface area (TPSA) is 55.2 Å². The van der Waals surface area contributed by atoms with Gasteiger partial charge in [-0.15, -0.1) is 0 Å². The highest BCUT2D eigenvalue weighted by molar-refractivity contribution is 5.78. The highest BCUT2D eigenvalue weighted by Gasteiger charge is 2.29. The van der Waals surface area contributed by atoms with E-state index >= 15 is 0 Å². The third kappa shape index (κ3) is 3.78. The molecular weight excluding hydrogens is 338 g/mol. The van der Waals surface area contributed by atoms with Crippen LogP contribution < -0.4 is 5.56 Å². The Balaban J connectivity index is 1.51. The zero-order valence-corrected chi connectivity index (χ0v) is 16.4. The first kappa shape index (κ1) is 18.2. The Morgan fingerprint density at radius 2 is 1.85 bits per heavy atom. The number of amides is 1. The second-order valence-electron chi connectivity index (χ2n) is 8.37. The molecule has 2 aromatic rings. The number of nitrogens with zero attached hydrogens (tertiary/aromatic N) is 3. The summed E-state index contributed by atoms with van der Waals surface area (Å²) in [5.41, 5.74) is 0.775. The standard InChI is InChI=1S/C22H29N3O2/c1-15-7-9-16(10-8-15)24(2)21(26)14-13-20-23-19-6-4-3-5-18(19)22(27)25(20)17-11-12-17/h3-6,15-17H,7-14H2,1-2H3. The third-order valence-electron chi connectivity index (χ3n) is 6.28. The van der Waals surface area contributed by atoms with Crippen molar-refractivity contribution in [1.29, 1.82) is 0 Å². The van der Waals surface area contributed by atoms with E-state index in [1.165, 1.54) is 12.8 Å². The SMILES string of the molecule is CC1CCC(N(C)C(=O)CCc2nc3ccccc3c(=O)n2C2CC2)CC1. The first-order valence-corrected chi connectivity index (χ1v) is 10.3. The molecule has 0 unspecified atom stereocenters. The van der Waals surface area contributed by atoms with Gasteiger partial charge in [-0.1, -0.05) is 19.1 Å². The van der Waals surface area contributed by atoms with E-state index in [0.717, 1.165) is 42.9 Å². The number of para-hydroxylation sites is 1. The van der Waals surface area contributed by atoms with Gasteiger partial charge >= 0.3 is 0 Å². The molecule has 0 bridgehead atoms. The fourth-order valence-electron chi connectivity index (χ4n) is 4.31. The summed E-state index contributed by atoms with van der Waals surface area (Å²) in [6.45, 7) is 2.29. The predicted octanol–water partition coefficient (Wildman–Crippen LogP) is 3.70. The van der Waals surface area contributed by atoms with Gasteiger partial charge in [0.05, 0.1) is 10.9 Å². The summed E-state index contributed by atoms with van der Waals surface area (Å²) in [6, 6.07) is 8.14. The fourth-order valence-corrected chi connectivity index (χ4v) is 4.31. The van der Waals surface area contributed by atoms with Crippen molar-refractivity contribution in [3.05, 3.63) is 40.4 Å². The van der Waals surface area contributed by atoms with Gasteiger partial charge in [-0.25, -0.2) is 4.98 Å². The van der Waals surface area contributed by atoms with Crippen molar-refractivity contribution in [3.8, 4) is 0 Å². The number of hydrogen-bond donors (Lipinski definition) is 0. The van der Waals surface area contributed by atoms with Crippen molar-refractivity contribution in [1.82, 2.24) is 14.5 Å². The Kier molecular flexibility index (Phi) is 5.02. The van der Waals surface area contributed by atoms with E-state index in [1.807, 2.05) is 40.8 Å². The predicted molar refractivity (Wildman–Crippen MR) is 107 cm³/mol. The second-order valence-corrected chi connectivity index (χ2v) is 8.37. The summed E-state index contributed by atoms with van der Waals surface area (Å²) in [5, 5.41) is 0.674. The molecule has 144 valence electrons. The van der Waals surface area contributed by atoms with Crippen LogP contribution in [0.25, 0.3) is 10.9 Å². The molecule has 0 atom stereocenters. The molecule has 0 radical (unpaired) electrons. The Morgan fingerprint density at radius 3 is 2.56 bits per heavy atom. The Hall–Kier alpha value is -2.17. The van der Waals surface area contributed by atoms with Crippen LogP contribution in [0.3, 0.4) is 0 Å². The van der Waals surface area contributed by atoms with E-state index in [1.54, 1.807) is 0 Å². The lowest BCUT2D eigenvalue weighted by Gasteiger charge is -2.33. The average Bonchev–Trinajstić information content (AvgIpc) is 3.51. The number of benzene rings is 1. The van der Waals surface area contributed by atoms with Gasteiger partial charge in [-0.3, -0.25) is 14.2 Å². The largest absolute Gasteiger partial charge is 0.343 e. The summed E-state index contributed by atoms with van der Waals surface area (Å²) < 4.78 is 1.85. The number of aromatic nitrogens is 2. The van der Waals surface area contributed by atoms with Crippen molar-refractivity contribution in [2.75, 3.05) is 7.05 Å². The van der Waals surface area contributed by atoms with Crippen LogP contribution in [0.1, 0.15) is 63.7 Å². The smallest absolute Gasteiger partial charge is 0.261 e. The Morgan fingerprint density at radius 1 is 1.15 bits per heavy atom. The molecule has 0 aliphatic heterocycles. The molecule has 0 saturated heterocycles. The van der Waals surface area contributed by atoms with Gasteiger partial charge in [0.15, 0.2) is 0 Å². The summed E-state index contributed by atoms with van der Waals surface area (Å²) in [4.78, 5) is 32.3. The van der Waals surface area contributed by atoms with Crippen LogP contribution >= 0.6 is 0 Å². The maximum atomic E-state index is 12.9. The van der Waals surface area contributed by atoms with Crippen molar-refractivity contribution in [3.63, 3.8) is 0 Å². The molecule has 27 heavy (non-hydrogen) atoms. The normalized spacial score (nSPS) is 22.7. The van der Waals surface area contributed by atoms with Gasteiger partial charge in [0.2, 0.25) is 5.91 Å². The molecule has 2 aliphatic rings. The summed E-state index contributed by atoms with van der Waals surface area (Å²) >= 11 is 0. The van der Waals surface area contributed by atoms with Crippen LogP contribution in [0.4, 0.5) is 0 Å². The minimum absolute atomic E-state index is 0.0418. The number of rotatable bonds is 5. The van der Waals surface area contributed by atoms with Crippen LogP contribution in [0.2, 0.25) is 0 Å². The minimum atomic E-state index is 0.0418. The number of aryl methyl sites for hydroxylation is 1. The van der Waals surface area contributed by atoms with Crippen LogP contribution in [0.5, 0.6) is 0 Å². The maximum absolute atomic E-state index is 12.9. The lowest BCUT2D eigenvalue weighted by molar-refractivity contribution is -0.132. The van der Waals surface area contributed by atoms with Crippen LogP contribution in [-0.2, 0) is 11.2 Å². The van der Waals surface area contributed by atoms with Crippen molar-refractivity contribution >= 4 is 16.8 Å². The zero-order chi connectivity index (χ0) is 19.0. The quantitative estimate of drug-likeness (QED) is 0.810. The third-order valence-corrected chi connectivity index (χ3v) is 6.28. The molecule has 0 N–H and O–H groups in total. The van der Waals surface area contributed by atoms with E-state index in [0.29, 0.717) is 24.3 Å². The monoisotopic (exact) mass is 367 g/mol. The molecule has 2 aliphatic carbocycles. The Labute approximate surface area is 160 Å². The van der Waals surface area contributed by atoms with E-state index < -0.39 is 0 Å². The number of carbonyl (C=O) groups excluding carboxylic acids is 1. The van der Waals surface area contributed by atoms with Gasteiger partial charge in [0.25, 0.3) is 5.56 Å². The average molecular weight is 367 g/mol. The molecule has 0 spiro atoms. The van der Waals surface area contributed by atoms with Gasteiger partial charge in [0, 0.05) is 32.0 Å². The van der Waals surface area contributed by atoms with E-state index in [2.05, 4.69) is 6.92 Å². The van der Waals surface area contributed by atoms with Crippen molar-refractivity contribution in [2.45, 2.75) is 70.4 Å². The number of carbonyl (C=O) groups is 1. The molecule has 1 heterocycles. The van der Waals surface area contributed by atoms with Crippen LogP contribution in [0.15, 0.2) is 29.1 Å². The van der Waals surface area contributed by atoms with Crippen molar-refractivity contribution < 1.29 is 4.79 Å². The lowest BCUT2D eigenvalue weighted by atomic mass is 9.86. The molecule has 1 amide bonds. The number of hydrogen-bond acceptors (Lipinski definition) is 3. The van der Waals surface area contributed by atoms with Gasteiger partial charge in [0.1, 0.15) is 5.82 Å². The molecular formula is C22H29N3O2. The molecule has 5 heteroatoms. The maximum Gasteiger partial charge on any atom is 0.261 e. The Bertz CT molecular complexity index is 892. The molecule has 2 saturated carbocycles. The fraction of sp³-hybridized carbons (Fsp3) is 0.591. The zero-order valence-electron chi connectivity index (χ0n) is 16.4. The molecule has 4 rings (SSSR count). The van der Waals surface area contributed by atoms with Crippen molar-refractivity contribution in [2.24, 2.45) is 5.92 Å². The highest BCUT2D eigenvalue weighted by Crippen LogP contribution is 2.35. The highest BCUT2D eigenvalue weighted by atomic mass is 16.2. The van der Waals surface area contributed by atoms with Gasteiger partial charge in [-0.05, 0) is 56.6 Å². The first-order chi connectivity index (χ1) is 13.0. The first-order valence-electron chi connectivity index (χ1n) is 10.3. The van der Waals surface area contributed by atoms with E-state index in [9.17, 15) is 9.59 Å². The van der Waals surface area contributed by atoms with Crippen LogP contribution in [-0.4, -0.2) is 33.4 Å². The molecule has 1 aromatic heterocycles. The molecule has 5 nitrogen and oxygen atoms in total. The second kappa shape index (κ2) is 7.45. The summed E-state index contributed by atoms with van der Waals surface area (Å²) in [5.74, 6) is 1.71. The lowest BCUT2D eigenvalue weighted by Crippen LogP contribution is -2.39. The van der Waals surface area contributed by atoms with E-state index in [-0.39, 0.29) is 17.5 Å². The van der Waals surface area contributed by atoms with E-state index in [4.69, 9.17) is 4.98 Å². The summed E-state index contributed by atoms with van der Waals surface area (Å²) in [7, 11) is 1.94. The molecule has 2 fully saturated rings.